The molecule has 4 aliphatic rings. The molecule has 2 fully saturated rings. The van der Waals surface area contributed by atoms with Gasteiger partial charge in [-0.05, 0) is 74.8 Å². The van der Waals surface area contributed by atoms with Crippen molar-refractivity contribution in [2.24, 2.45) is 11.3 Å². The van der Waals surface area contributed by atoms with Crippen LogP contribution in [0.4, 0.5) is 14.9 Å². The SMILES string of the molecule is CCOC(=O)[C@]12CC(=O)[C@@H]3C[C@@H](OC(=O)N4Cc5cccc(F)c5C4)CN3C(=O)[C@@H](Nc3cccc(C)c3)CCCCC/C=C\[C@@H]1C2. The van der Waals surface area contributed by atoms with Crippen molar-refractivity contribution in [1.82, 2.24) is 9.80 Å². The second kappa shape index (κ2) is 13.9. The third kappa shape index (κ3) is 7.06. The number of fused-ring (bicyclic) bond motifs is 3. The zero-order valence-electron chi connectivity index (χ0n) is 27.2. The summed E-state index contributed by atoms with van der Waals surface area (Å²) in [5, 5.41) is 3.42. The molecule has 0 unspecified atom stereocenters. The maximum absolute atomic E-state index is 14.4. The second-order valence-corrected chi connectivity index (χ2v) is 13.4. The van der Waals surface area contributed by atoms with E-state index in [1.807, 2.05) is 37.3 Å². The second-order valence-electron chi connectivity index (χ2n) is 13.4. The van der Waals surface area contributed by atoms with Crippen molar-refractivity contribution in [2.45, 2.75) is 96.5 Å². The van der Waals surface area contributed by atoms with E-state index in [1.165, 1.54) is 11.0 Å². The van der Waals surface area contributed by atoms with Gasteiger partial charge in [0.15, 0.2) is 5.78 Å². The van der Waals surface area contributed by atoms with E-state index in [-0.39, 0.29) is 68.5 Å². The molecule has 0 aromatic heterocycles. The first-order chi connectivity index (χ1) is 22.7. The molecular formula is C37H44FN3O6. The van der Waals surface area contributed by atoms with E-state index in [0.717, 1.165) is 42.5 Å². The number of ketones is 1. The number of carbonyl (C=O) groups excluding carboxylic acids is 4. The van der Waals surface area contributed by atoms with Gasteiger partial charge in [-0.1, -0.05) is 49.3 Å². The average Bonchev–Trinajstić information content (AvgIpc) is 3.34. The molecule has 2 amide bonds. The van der Waals surface area contributed by atoms with Gasteiger partial charge in [0.1, 0.15) is 18.0 Å². The molecule has 2 aromatic rings. The predicted molar refractivity (Wildman–Crippen MR) is 174 cm³/mol. The van der Waals surface area contributed by atoms with Crippen molar-refractivity contribution in [2.75, 3.05) is 18.5 Å². The Morgan fingerprint density at radius 1 is 1.09 bits per heavy atom. The summed E-state index contributed by atoms with van der Waals surface area (Å²) in [6, 6.07) is 11.2. The molecule has 5 atom stereocenters. The highest BCUT2D eigenvalue weighted by Gasteiger charge is 2.61. The van der Waals surface area contributed by atoms with Crippen LogP contribution in [0, 0.1) is 24.1 Å². The molecule has 1 saturated carbocycles. The molecule has 1 saturated heterocycles. The van der Waals surface area contributed by atoms with E-state index in [1.54, 1.807) is 24.0 Å². The minimum absolute atomic E-state index is 0.0490. The lowest BCUT2D eigenvalue weighted by atomic mass is 9.91. The van der Waals surface area contributed by atoms with Gasteiger partial charge in [-0.3, -0.25) is 19.3 Å². The highest BCUT2D eigenvalue weighted by atomic mass is 19.1. The van der Waals surface area contributed by atoms with Crippen molar-refractivity contribution in [3.8, 4) is 0 Å². The summed E-state index contributed by atoms with van der Waals surface area (Å²) in [5.41, 5.74) is 2.12. The predicted octanol–water partition coefficient (Wildman–Crippen LogP) is 6.09. The fraction of sp³-hybridized carbons (Fsp3) is 0.514. The summed E-state index contributed by atoms with van der Waals surface area (Å²) in [6.45, 7) is 4.33. The van der Waals surface area contributed by atoms with Crippen LogP contribution in [0.15, 0.2) is 54.6 Å². The minimum Gasteiger partial charge on any atom is -0.466 e. The molecule has 0 bridgehead atoms. The summed E-state index contributed by atoms with van der Waals surface area (Å²) in [5.74, 6) is -1.31. The normalized spacial score (nSPS) is 28.3. The first-order valence-corrected chi connectivity index (χ1v) is 16.9. The fourth-order valence-corrected chi connectivity index (χ4v) is 7.40. The number of carbonyl (C=O) groups is 4. The van der Waals surface area contributed by atoms with E-state index < -0.39 is 29.7 Å². The van der Waals surface area contributed by atoms with E-state index in [2.05, 4.69) is 11.4 Å². The Kier molecular flexibility index (Phi) is 9.66. The molecule has 1 N–H and O–H groups in total. The number of aryl methyl sites for hydroxylation is 1. The van der Waals surface area contributed by atoms with Crippen LogP contribution in [-0.2, 0) is 36.9 Å². The lowest BCUT2D eigenvalue weighted by Crippen LogP contribution is -2.48. The van der Waals surface area contributed by atoms with Crippen LogP contribution >= 0.6 is 0 Å². The number of esters is 1. The van der Waals surface area contributed by atoms with Gasteiger partial charge in [-0.25, -0.2) is 9.18 Å². The molecular weight excluding hydrogens is 601 g/mol. The number of benzene rings is 2. The van der Waals surface area contributed by atoms with Gasteiger partial charge in [-0.15, -0.1) is 0 Å². The number of anilines is 1. The van der Waals surface area contributed by atoms with Crippen molar-refractivity contribution < 1.29 is 33.0 Å². The van der Waals surface area contributed by atoms with E-state index in [0.29, 0.717) is 18.4 Å². The van der Waals surface area contributed by atoms with E-state index >= 15 is 0 Å². The minimum atomic E-state index is -0.947. The molecule has 0 radical (unpaired) electrons. The van der Waals surface area contributed by atoms with Gasteiger partial charge in [0.2, 0.25) is 5.91 Å². The number of nitrogens with zero attached hydrogens (tertiary/aromatic N) is 2. The molecule has 9 nitrogen and oxygen atoms in total. The molecule has 47 heavy (non-hydrogen) atoms. The standard InChI is InChI=1S/C37H44FN3O6/c1-3-46-35(44)37-19-26(37)13-7-5-4-6-8-16-31(39-27-14-9-11-24(2)17-27)34(43)41-22-28(18-32(41)33(42)20-37)47-36(45)40-21-25-12-10-15-30(38)29(25)23-40/h7,9-15,17,26,28,31-32,39H,3-6,8,16,18-23H2,1-2H3/b13-7-/t26-,28-,31+,32+,37-/m1/s1. The lowest BCUT2D eigenvalue weighted by molar-refractivity contribution is -0.152. The molecule has 10 heteroatoms. The zero-order chi connectivity index (χ0) is 33.1. The molecule has 0 spiro atoms. The number of nitrogens with one attached hydrogen (secondary N) is 1. The van der Waals surface area contributed by atoms with Crippen molar-refractivity contribution in [3.05, 3.63) is 77.1 Å². The number of rotatable bonds is 5. The Morgan fingerprint density at radius 2 is 1.91 bits per heavy atom. The molecule has 2 aromatic carbocycles. The molecule has 3 heterocycles. The molecule has 250 valence electrons. The third-order valence-corrected chi connectivity index (χ3v) is 10.1. The number of amides is 2. The van der Waals surface area contributed by atoms with E-state index in [9.17, 15) is 23.6 Å². The monoisotopic (exact) mass is 645 g/mol. The Morgan fingerprint density at radius 3 is 2.70 bits per heavy atom. The van der Waals surface area contributed by atoms with Crippen LogP contribution in [0.2, 0.25) is 0 Å². The maximum Gasteiger partial charge on any atom is 0.410 e. The van der Waals surface area contributed by atoms with Gasteiger partial charge < -0.3 is 19.7 Å². The number of allylic oxidation sites excluding steroid dienone is 2. The number of hydrogen-bond donors (Lipinski definition) is 1. The Bertz CT molecular complexity index is 1560. The summed E-state index contributed by atoms with van der Waals surface area (Å²) in [7, 11) is 0. The Labute approximate surface area is 275 Å². The van der Waals surface area contributed by atoms with Crippen molar-refractivity contribution >= 4 is 29.4 Å². The highest BCUT2D eigenvalue weighted by molar-refractivity contribution is 5.96. The summed E-state index contributed by atoms with van der Waals surface area (Å²) >= 11 is 0. The first-order valence-electron chi connectivity index (χ1n) is 16.9. The van der Waals surface area contributed by atoms with Crippen LogP contribution < -0.4 is 5.32 Å². The van der Waals surface area contributed by atoms with Crippen molar-refractivity contribution in [3.63, 3.8) is 0 Å². The Balaban J connectivity index is 1.25. The summed E-state index contributed by atoms with van der Waals surface area (Å²) in [6.07, 6.45) is 7.54. The summed E-state index contributed by atoms with van der Waals surface area (Å²) in [4.78, 5) is 58.1. The highest BCUT2D eigenvalue weighted by Crippen LogP contribution is 2.57. The fourth-order valence-electron chi connectivity index (χ4n) is 7.40. The van der Waals surface area contributed by atoms with Crippen LogP contribution in [-0.4, -0.2) is 64.9 Å². The van der Waals surface area contributed by atoms with Gasteiger partial charge in [0, 0.05) is 30.6 Å². The van der Waals surface area contributed by atoms with Crippen LogP contribution in [0.25, 0.3) is 0 Å². The van der Waals surface area contributed by atoms with Crippen LogP contribution in [0.3, 0.4) is 0 Å². The van der Waals surface area contributed by atoms with Crippen LogP contribution in [0.5, 0.6) is 0 Å². The lowest BCUT2D eigenvalue weighted by Gasteiger charge is -2.30. The van der Waals surface area contributed by atoms with Gasteiger partial charge >= 0.3 is 12.1 Å². The topological polar surface area (TPSA) is 105 Å². The third-order valence-electron chi connectivity index (χ3n) is 10.1. The largest absolute Gasteiger partial charge is 0.466 e. The maximum atomic E-state index is 14.4. The smallest absolute Gasteiger partial charge is 0.410 e. The van der Waals surface area contributed by atoms with Gasteiger partial charge in [0.05, 0.1) is 31.2 Å². The molecule has 3 aliphatic heterocycles. The van der Waals surface area contributed by atoms with Gasteiger partial charge in [-0.2, -0.15) is 0 Å². The number of halogens is 1. The van der Waals surface area contributed by atoms with Crippen molar-refractivity contribution in [1.29, 1.82) is 0 Å². The quantitative estimate of drug-likeness (QED) is 0.310. The Hall–Kier alpha value is -4.21. The average molecular weight is 646 g/mol. The first kappa shape index (κ1) is 32.7. The molecule has 6 rings (SSSR count). The summed E-state index contributed by atoms with van der Waals surface area (Å²) < 4.78 is 25.7. The number of Topliss-reactive ketones (excluding diaryl/α,β-unsaturated/α-hetero) is 1. The van der Waals surface area contributed by atoms with E-state index in [4.69, 9.17) is 9.47 Å². The number of hydrogen-bond acceptors (Lipinski definition) is 7. The zero-order valence-corrected chi connectivity index (χ0v) is 27.2. The molecule has 1 aliphatic carbocycles. The van der Waals surface area contributed by atoms with Gasteiger partial charge in [0.25, 0.3) is 0 Å². The number of ether oxygens (including phenoxy) is 2. The van der Waals surface area contributed by atoms with Crippen LogP contribution in [0.1, 0.15) is 75.0 Å².